The van der Waals surface area contributed by atoms with Crippen LogP contribution >= 0.6 is 0 Å². The van der Waals surface area contributed by atoms with E-state index in [0.717, 1.165) is 0 Å². The molecule has 0 aliphatic carbocycles. The second-order valence-corrected chi connectivity index (χ2v) is 9.48. The first-order chi connectivity index (χ1) is 15.4. The fourth-order valence-corrected chi connectivity index (χ4v) is 5.18. The standard InChI is InChI=1S/C24H23N3O4S/c28-23(19-11-7-14-21(17-19)27-15-8-16-32(27,30)31)26-22(18-9-3-1-4-10-18)24(29)25-20-12-5-2-6-13-20/h1-7,9-14,17,22H,8,15-16H2,(H,25,29)(H,26,28). The Kier molecular flexibility index (Phi) is 6.23. The van der Waals surface area contributed by atoms with Crippen LogP contribution in [-0.4, -0.2) is 32.5 Å². The van der Waals surface area contributed by atoms with Gasteiger partial charge in [0, 0.05) is 17.8 Å². The summed E-state index contributed by atoms with van der Waals surface area (Å²) in [6.07, 6.45) is 0.550. The monoisotopic (exact) mass is 449 g/mol. The largest absolute Gasteiger partial charge is 0.336 e. The van der Waals surface area contributed by atoms with Crippen molar-refractivity contribution in [2.45, 2.75) is 12.5 Å². The Bertz CT molecular complexity index is 1210. The fraction of sp³-hybridized carbons (Fsp3) is 0.167. The van der Waals surface area contributed by atoms with Crippen molar-refractivity contribution in [1.29, 1.82) is 0 Å². The first-order valence-electron chi connectivity index (χ1n) is 10.3. The SMILES string of the molecule is O=C(NC(C(=O)Nc1ccccc1)c1ccccc1)c1cccc(N2CCCS2(=O)=O)c1. The van der Waals surface area contributed by atoms with Gasteiger partial charge in [-0.1, -0.05) is 54.6 Å². The Morgan fingerprint density at radius 3 is 2.22 bits per heavy atom. The maximum atomic E-state index is 13.1. The fourth-order valence-electron chi connectivity index (χ4n) is 3.63. The van der Waals surface area contributed by atoms with Gasteiger partial charge in [0.25, 0.3) is 11.8 Å². The number of nitrogens with zero attached hydrogens (tertiary/aromatic N) is 1. The quantitative estimate of drug-likeness (QED) is 0.603. The van der Waals surface area contributed by atoms with Crippen LogP contribution in [0.3, 0.4) is 0 Å². The lowest BCUT2D eigenvalue weighted by atomic mass is 10.0. The summed E-state index contributed by atoms with van der Waals surface area (Å²) in [7, 11) is -3.36. The maximum Gasteiger partial charge on any atom is 0.252 e. The molecular formula is C24H23N3O4S. The van der Waals surface area contributed by atoms with E-state index in [2.05, 4.69) is 10.6 Å². The van der Waals surface area contributed by atoms with Gasteiger partial charge in [-0.05, 0) is 42.3 Å². The van der Waals surface area contributed by atoms with Crippen LogP contribution in [-0.2, 0) is 14.8 Å². The van der Waals surface area contributed by atoms with Crippen LogP contribution in [0.2, 0.25) is 0 Å². The molecule has 1 aliphatic rings. The van der Waals surface area contributed by atoms with Gasteiger partial charge < -0.3 is 10.6 Å². The van der Waals surface area contributed by atoms with E-state index < -0.39 is 22.0 Å². The van der Waals surface area contributed by atoms with E-state index in [9.17, 15) is 18.0 Å². The van der Waals surface area contributed by atoms with Crippen molar-refractivity contribution < 1.29 is 18.0 Å². The number of carbonyl (C=O) groups excluding carboxylic acids is 2. The lowest BCUT2D eigenvalue weighted by Gasteiger charge is -2.20. The summed E-state index contributed by atoms with van der Waals surface area (Å²) >= 11 is 0. The molecule has 0 saturated carbocycles. The van der Waals surface area contributed by atoms with Crippen LogP contribution in [0.1, 0.15) is 28.4 Å². The molecule has 0 spiro atoms. The summed E-state index contributed by atoms with van der Waals surface area (Å²) in [5, 5.41) is 5.61. The molecule has 7 nitrogen and oxygen atoms in total. The van der Waals surface area contributed by atoms with Crippen molar-refractivity contribution in [3.8, 4) is 0 Å². The minimum atomic E-state index is -3.36. The zero-order chi connectivity index (χ0) is 22.6. The molecule has 3 aromatic carbocycles. The molecule has 4 rings (SSSR count). The number of rotatable bonds is 6. The molecule has 1 aliphatic heterocycles. The van der Waals surface area contributed by atoms with Gasteiger partial charge in [-0.25, -0.2) is 8.42 Å². The Balaban J connectivity index is 1.58. The minimum Gasteiger partial charge on any atom is -0.336 e. The molecule has 1 fully saturated rings. The Hall–Kier alpha value is -3.65. The zero-order valence-corrected chi connectivity index (χ0v) is 18.1. The summed E-state index contributed by atoms with van der Waals surface area (Å²) in [4.78, 5) is 26.1. The van der Waals surface area contributed by atoms with Crippen molar-refractivity contribution in [2.75, 3.05) is 21.9 Å². The van der Waals surface area contributed by atoms with Crippen LogP contribution in [0, 0.1) is 0 Å². The van der Waals surface area contributed by atoms with Crippen LogP contribution in [0.25, 0.3) is 0 Å². The Morgan fingerprint density at radius 2 is 1.56 bits per heavy atom. The number of benzene rings is 3. The highest BCUT2D eigenvalue weighted by Gasteiger charge is 2.29. The van der Waals surface area contributed by atoms with Gasteiger partial charge in [0.15, 0.2) is 0 Å². The molecule has 0 aromatic heterocycles. The third-order valence-corrected chi connectivity index (χ3v) is 7.08. The second kappa shape index (κ2) is 9.23. The average Bonchev–Trinajstić information content (AvgIpc) is 3.17. The van der Waals surface area contributed by atoms with Crippen molar-refractivity contribution in [3.05, 3.63) is 96.1 Å². The van der Waals surface area contributed by atoms with Crippen LogP contribution in [0.5, 0.6) is 0 Å². The molecule has 1 unspecified atom stereocenters. The average molecular weight is 450 g/mol. The normalized spacial score (nSPS) is 15.7. The van der Waals surface area contributed by atoms with E-state index >= 15 is 0 Å². The minimum absolute atomic E-state index is 0.0964. The summed E-state index contributed by atoms with van der Waals surface area (Å²) in [5.74, 6) is -0.756. The first kappa shape index (κ1) is 21.6. The molecule has 3 aromatic rings. The number of nitrogens with one attached hydrogen (secondary N) is 2. The van der Waals surface area contributed by atoms with E-state index in [1.807, 2.05) is 24.3 Å². The van der Waals surface area contributed by atoms with Crippen LogP contribution in [0.15, 0.2) is 84.9 Å². The summed E-state index contributed by atoms with van der Waals surface area (Å²) in [6.45, 7) is 0.388. The van der Waals surface area contributed by atoms with Gasteiger partial charge in [0.2, 0.25) is 10.0 Å². The van der Waals surface area contributed by atoms with Gasteiger partial charge >= 0.3 is 0 Å². The molecule has 1 atom stereocenters. The molecule has 32 heavy (non-hydrogen) atoms. The number of carbonyl (C=O) groups is 2. The number of hydrogen-bond acceptors (Lipinski definition) is 4. The van der Waals surface area contributed by atoms with Crippen LogP contribution in [0.4, 0.5) is 11.4 Å². The predicted molar refractivity (Wildman–Crippen MR) is 124 cm³/mol. The van der Waals surface area contributed by atoms with E-state index in [4.69, 9.17) is 0 Å². The highest BCUT2D eigenvalue weighted by molar-refractivity contribution is 7.93. The third kappa shape index (κ3) is 4.81. The highest BCUT2D eigenvalue weighted by Crippen LogP contribution is 2.25. The molecule has 0 bridgehead atoms. The number of hydrogen-bond donors (Lipinski definition) is 2. The van der Waals surface area contributed by atoms with E-state index in [1.165, 1.54) is 10.4 Å². The van der Waals surface area contributed by atoms with Crippen molar-refractivity contribution in [1.82, 2.24) is 5.32 Å². The van der Waals surface area contributed by atoms with Gasteiger partial charge in [-0.2, -0.15) is 0 Å². The van der Waals surface area contributed by atoms with E-state index in [0.29, 0.717) is 29.9 Å². The Labute approximate surface area is 187 Å². The van der Waals surface area contributed by atoms with Crippen LogP contribution < -0.4 is 14.9 Å². The number of amides is 2. The molecule has 2 N–H and O–H groups in total. The van der Waals surface area contributed by atoms with Gasteiger partial charge in [-0.15, -0.1) is 0 Å². The third-order valence-electron chi connectivity index (χ3n) is 5.21. The van der Waals surface area contributed by atoms with E-state index in [1.54, 1.807) is 54.6 Å². The van der Waals surface area contributed by atoms with Crippen molar-refractivity contribution >= 4 is 33.2 Å². The van der Waals surface area contributed by atoms with Gasteiger partial charge in [0.1, 0.15) is 6.04 Å². The molecule has 8 heteroatoms. The summed E-state index contributed by atoms with van der Waals surface area (Å²) < 4.78 is 25.8. The lowest BCUT2D eigenvalue weighted by molar-refractivity contribution is -0.118. The maximum absolute atomic E-state index is 13.1. The van der Waals surface area contributed by atoms with Crippen molar-refractivity contribution in [2.24, 2.45) is 0 Å². The number of sulfonamides is 1. The molecular weight excluding hydrogens is 426 g/mol. The summed E-state index contributed by atoms with van der Waals surface area (Å²) in [6, 6.07) is 23.5. The second-order valence-electron chi connectivity index (χ2n) is 7.46. The number of anilines is 2. The lowest BCUT2D eigenvalue weighted by Crippen LogP contribution is -2.37. The highest BCUT2D eigenvalue weighted by atomic mass is 32.2. The number of para-hydroxylation sites is 1. The molecule has 2 amide bonds. The summed E-state index contributed by atoms with van der Waals surface area (Å²) in [5.41, 5.74) is 1.97. The topological polar surface area (TPSA) is 95.6 Å². The molecule has 1 heterocycles. The van der Waals surface area contributed by atoms with Crippen molar-refractivity contribution in [3.63, 3.8) is 0 Å². The van der Waals surface area contributed by atoms with E-state index in [-0.39, 0.29) is 17.2 Å². The van der Waals surface area contributed by atoms with Gasteiger partial charge in [0.05, 0.1) is 11.4 Å². The smallest absolute Gasteiger partial charge is 0.252 e. The molecule has 0 radical (unpaired) electrons. The first-order valence-corrected chi connectivity index (χ1v) is 11.9. The predicted octanol–water partition coefficient (Wildman–Crippen LogP) is 3.34. The van der Waals surface area contributed by atoms with Gasteiger partial charge in [-0.3, -0.25) is 13.9 Å². The molecule has 1 saturated heterocycles. The zero-order valence-electron chi connectivity index (χ0n) is 17.3. The molecule has 164 valence electrons. The Morgan fingerprint density at radius 1 is 0.875 bits per heavy atom.